The molecule has 5 nitrogen and oxygen atoms in total. The minimum absolute atomic E-state index is 0.450. The zero-order valence-electron chi connectivity index (χ0n) is 19.2. The van der Waals surface area contributed by atoms with Gasteiger partial charge in [-0.1, -0.05) is 48.0 Å². The number of H-pyrrole nitrogens is 1. The monoisotopic (exact) mass is 463 g/mol. The Bertz CT molecular complexity index is 1170. The van der Waals surface area contributed by atoms with Crippen LogP contribution in [0.1, 0.15) is 35.9 Å². The number of aryl methyl sites for hydroxylation is 2. The Morgan fingerprint density at radius 3 is 2.67 bits per heavy atom. The van der Waals surface area contributed by atoms with Gasteiger partial charge < -0.3 is 19.8 Å². The van der Waals surface area contributed by atoms with Crippen LogP contribution in [0, 0.1) is 6.92 Å². The molecule has 0 amide bonds. The normalized spacial score (nSPS) is 11.1. The van der Waals surface area contributed by atoms with Gasteiger partial charge in [-0.15, -0.1) is 0 Å². The lowest BCUT2D eigenvalue weighted by Gasteiger charge is -2.16. The van der Waals surface area contributed by atoms with E-state index < -0.39 is 0 Å². The first-order valence-corrected chi connectivity index (χ1v) is 11.8. The minimum atomic E-state index is 0.450. The van der Waals surface area contributed by atoms with Gasteiger partial charge in [-0.3, -0.25) is 0 Å². The lowest BCUT2D eigenvalue weighted by atomic mass is 10.1. The molecule has 0 aliphatic rings. The van der Waals surface area contributed by atoms with Crippen molar-refractivity contribution in [1.82, 2.24) is 15.3 Å². The van der Waals surface area contributed by atoms with E-state index in [0.717, 1.165) is 47.4 Å². The molecule has 0 fully saturated rings. The van der Waals surface area contributed by atoms with Crippen LogP contribution in [0.2, 0.25) is 5.02 Å². The first kappa shape index (κ1) is 23.1. The van der Waals surface area contributed by atoms with E-state index in [1.807, 2.05) is 49.4 Å². The van der Waals surface area contributed by atoms with E-state index in [1.165, 1.54) is 5.56 Å². The number of nitrogens with one attached hydrogen (secondary N) is 2. The summed E-state index contributed by atoms with van der Waals surface area (Å²) >= 11 is 6.59. The number of halogens is 1. The zero-order valence-corrected chi connectivity index (χ0v) is 19.9. The number of imidazole rings is 1. The van der Waals surface area contributed by atoms with Crippen molar-refractivity contribution in [1.29, 1.82) is 0 Å². The summed E-state index contributed by atoms with van der Waals surface area (Å²) in [5.74, 6) is 2.29. The van der Waals surface area contributed by atoms with Crippen LogP contribution in [0.3, 0.4) is 0 Å². The number of hydrogen-bond acceptors (Lipinski definition) is 4. The highest BCUT2D eigenvalue weighted by Crippen LogP contribution is 2.37. The number of fused-ring (bicyclic) bond motifs is 1. The van der Waals surface area contributed by atoms with E-state index in [-0.39, 0.29) is 0 Å². The van der Waals surface area contributed by atoms with Crippen molar-refractivity contribution in [2.24, 2.45) is 0 Å². The number of benzene rings is 3. The number of ether oxygens (including phenoxy) is 2. The molecular formula is C27H30ClN3O2. The predicted octanol–water partition coefficient (Wildman–Crippen LogP) is 6.22. The van der Waals surface area contributed by atoms with Gasteiger partial charge >= 0.3 is 0 Å². The third kappa shape index (κ3) is 6.06. The lowest BCUT2D eigenvalue weighted by molar-refractivity contribution is 0.269. The van der Waals surface area contributed by atoms with Gasteiger partial charge in [-0.05, 0) is 67.8 Å². The number of aromatic amines is 1. The summed E-state index contributed by atoms with van der Waals surface area (Å²) in [6.07, 6.45) is 1.89. The largest absolute Gasteiger partial charge is 0.490 e. The van der Waals surface area contributed by atoms with Crippen LogP contribution in [0.25, 0.3) is 11.0 Å². The van der Waals surface area contributed by atoms with Crippen molar-refractivity contribution in [3.05, 3.63) is 88.2 Å². The summed E-state index contributed by atoms with van der Waals surface area (Å²) in [5, 5.41) is 4.05. The maximum absolute atomic E-state index is 6.59. The Kier molecular flexibility index (Phi) is 7.87. The SMILES string of the molecule is CCOc1cc(CNCCCc2nc3ccccc3[nH]2)cc(Cl)c1OCc1ccccc1C. The summed E-state index contributed by atoms with van der Waals surface area (Å²) < 4.78 is 11.9. The van der Waals surface area contributed by atoms with Crippen LogP contribution >= 0.6 is 11.6 Å². The number of nitrogens with zero attached hydrogens (tertiary/aromatic N) is 1. The van der Waals surface area contributed by atoms with E-state index in [4.69, 9.17) is 21.1 Å². The quantitative estimate of drug-likeness (QED) is 0.259. The fourth-order valence-electron chi connectivity index (χ4n) is 3.79. The van der Waals surface area contributed by atoms with Crippen molar-refractivity contribution in [3.63, 3.8) is 0 Å². The predicted molar refractivity (Wildman–Crippen MR) is 134 cm³/mol. The molecule has 4 rings (SSSR count). The van der Waals surface area contributed by atoms with Crippen molar-refractivity contribution in [3.8, 4) is 11.5 Å². The van der Waals surface area contributed by atoms with Gasteiger partial charge in [0.1, 0.15) is 12.4 Å². The molecule has 3 aromatic carbocycles. The Hall–Kier alpha value is -3.02. The second-order valence-electron chi connectivity index (χ2n) is 8.03. The van der Waals surface area contributed by atoms with Gasteiger partial charge in [0.2, 0.25) is 0 Å². The fourth-order valence-corrected chi connectivity index (χ4v) is 4.07. The molecule has 172 valence electrons. The van der Waals surface area contributed by atoms with Crippen molar-refractivity contribution < 1.29 is 9.47 Å². The highest BCUT2D eigenvalue weighted by Gasteiger charge is 2.13. The summed E-state index contributed by atoms with van der Waals surface area (Å²) in [4.78, 5) is 8.02. The van der Waals surface area contributed by atoms with Gasteiger partial charge in [-0.2, -0.15) is 0 Å². The van der Waals surface area contributed by atoms with Crippen LogP contribution in [0.4, 0.5) is 0 Å². The highest BCUT2D eigenvalue weighted by molar-refractivity contribution is 6.32. The topological polar surface area (TPSA) is 59.2 Å². The summed E-state index contributed by atoms with van der Waals surface area (Å²) in [6.45, 7) is 6.62. The van der Waals surface area contributed by atoms with Gasteiger partial charge in [-0.25, -0.2) is 4.98 Å². The van der Waals surface area contributed by atoms with Crippen LogP contribution in [0.5, 0.6) is 11.5 Å². The summed E-state index contributed by atoms with van der Waals surface area (Å²) in [7, 11) is 0. The molecule has 6 heteroatoms. The van der Waals surface area contributed by atoms with Gasteiger partial charge in [0.05, 0.1) is 22.7 Å². The average molecular weight is 464 g/mol. The molecule has 0 atom stereocenters. The maximum Gasteiger partial charge on any atom is 0.180 e. The Labute approximate surface area is 200 Å². The van der Waals surface area contributed by atoms with Gasteiger partial charge in [0.15, 0.2) is 11.5 Å². The Morgan fingerprint density at radius 2 is 1.85 bits per heavy atom. The average Bonchev–Trinajstić information content (AvgIpc) is 3.22. The molecule has 1 aromatic heterocycles. The summed E-state index contributed by atoms with van der Waals surface area (Å²) in [5.41, 5.74) is 5.49. The highest BCUT2D eigenvalue weighted by atomic mass is 35.5. The molecule has 0 saturated heterocycles. The first-order chi connectivity index (χ1) is 16.1. The first-order valence-electron chi connectivity index (χ1n) is 11.4. The molecule has 0 saturated carbocycles. The van der Waals surface area contributed by atoms with E-state index in [0.29, 0.717) is 36.3 Å². The number of rotatable bonds is 11. The van der Waals surface area contributed by atoms with Crippen molar-refractivity contribution in [2.75, 3.05) is 13.2 Å². The third-order valence-electron chi connectivity index (χ3n) is 5.54. The molecule has 4 aromatic rings. The number of hydrogen-bond donors (Lipinski definition) is 2. The molecule has 0 aliphatic carbocycles. The molecule has 1 heterocycles. The van der Waals surface area contributed by atoms with Crippen LogP contribution in [-0.4, -0.2) is 23.1 Å². The second-order valence-corrected chi connectivity index (χ2v) is 8.44. The maximum atomic E-state index is 6.59. The molecule has 33 heavy (non-hydrogen) atoms. The molecule has 0 bridgehead atoms. The second kappa shape index (κ2) is 11.2. The number of para-hydroxylation sites is 2. The van der Waals surface area contributed by atoms with E-state index in [1.54, 1.807) is 0 Å². The molecule has 0 unspecified atom stereocenters. The third-order valence-corrected chi connectivity index (χ3v) is 5.82. The van der Waals surface area contributed by atoms with E-state index in [9.17, 15) is 0 Å². The van der Waals surface area contributed by atoms with Crippen molar-refractivity contribution in [2.45, 2.75) is 39.8 Å². The fraction of sp³-hybridized carbons (Fsp3) is 0.296. The summed E-state index contributed by atoms with van der Waals surface area (Å²) in [6, 6.07) is 20.2. The molecule has 0 radical (unpaired) electrons. The zero-order chi connectivity index (χ0) is 23.0. The molecule has 0 spiro atoms. The number of aromatic nitrogens is 2. The van der Waals surface area contributed by atoms with Gasteiger partial charge in [0.25, 0.3) is 0 Å². The molecular weight excluding hydrogens is 434 g/mol. The van der Waals surface area contributed by atoms with Crippen molar-refractivity contribution >= 4 is 22.6 Å². The smallest absolute Gasteiger partial charge is 0.180 e. The minimum Gasteiger partial charge on any atom is -0.490 e. The van der Waals surface area contributed by atoms with Crippen LogP contribution in [0.15, 0.2) is 60.7 Å². The van der Waals surface area contributed by atoms with Crippen LogP contribution < -0.4 is 14.8 Å². The lowest BCUT2D eigenvalue weighted by Crippen LogP contribution is -2.15. The Balaban J connectivity index is 1.32. The van der Waals surface area contributed by atoms with Gasteiger partial charge in [0, 0.05) is 13.0 Å². The van der Waals surface area contributed by atoms with Crippen LogP contribution in [-0.2, 0) is 19.6 Å². The van der Waals surface area contributed by atoms with E-state index >= 15 is 0 Å². The molecule has 0 aliphatic heterocycles. The standard InChI is InChI=1S/C27H30ClN3O2/c1-3-32-25-16-20(15-22(28)27(25)33-18-21-10-5-4-9-19(21)2)17-29-14-8-13-26-30-23-11-6-7-12-24(23)31-26/h4-7,9-12,15-16,29H,3,8,13-14,17-18H2,1-2H3,(H,30,31). The Morgan fingerprint density at radius 1 is 1.03 bits per heavy atom. The van der Waals surface area contributed by atoms with E-state index in [2.05, 4.69) is 40.4 Å². The molecule has 2 N–H and O–H groups in total.